The minimum absolute atomic E-state index is 0.145. The maximum Gasteiger partial charge on any atom is 0.306 e. The number of carbonyl (C=O) groups is 1. The standard InChI is InChI=1S/C25H27NO2/c1-2-18-10-12-20(13-11-18)24(26-16-14-21(15-17-26)25(27)28)23-9-5-7-19-6-3-4-8-22(19)23/h3-13,21,24H,2,14-17H2,1H3,(H,27,28). The molecule has 3 nitrogen and oxygen atoms in total. The van der Waals surface area contributed by atoms with E-state index < -0.39 is 5.97 Å². The number of hydrogen-bond acceptors (Lipinski definition) is 2. The maximum absolute atomic E-state index is 11.4. The molecule has 0 spiro atoms. The lowest BCUT2D eigenvalue weighted by Gasteiger charge is -2.37. The molecule has 3 heteroatoms. The Kier molecular flexibility index (Phi) is 5.45. The third kappa shape index (κ3) is 3.67. The van der Waals surface area contributed by atoms with Crippen LogP contribution in [-0.2, 0) is 11.2 Å². The summed E-state index contributed by atoms with van der Waals surface area (Å²) in [6.07, 6.45) is 2.45. The summed E-state index contributed by atoms with van der Waals surface area (Å²) in [5.41, 5.74) is 3.92. The van der Waals surface area contributed by atoms with E-state index in [1.165, 1.54) is 27.5 Å². The first-order valence-corrected chi connectivity index (χ1v) is 10.2. The topological polar surface area (TPSA) is 40.5 Å². The van der Waals surface area contributed by atoms with Crippen molar-refractivity contribution in [2.24, 2.45) is 5.92 Å². The van der Waals surface area contributed by atoms with Crippen LogP contribution in [0.2, 0.25) is 0 Å². The van der Waals surface area contributed by atoms with Crippen LogP contribution in [0.5, 0.6) is 0 Å². The Hall–Kier alpha value is -2.65. The van der Waals surface area contributed by atoms with Gasteiger partial charge in [-0.1, -0.05) is 73.7 Å². The number of fused-ring (bicyclic) bond motifs is 1. The Morgan fingerprint density at radius 2 is 1.68 bits per heavy atom. The van der Waals surface area contributed by atoms with Gasteiger partial charge in [-0.3, -0.25) is 9.69 Å². The molecule has 1 atom stereocenters. The maximum atomic E-state index is 11.4. The highest BCUT2D eigenvalue weighted by molar-refractivity contribution is 5.86. The van der Waals surface area contributed by atoms with Crippen molar-refractivity contribution in [3.63, 3.8) is 0 Å². The smallest absolute Gasteiger partial charge is 0.306 e. The lowest BCUT2D eigenvalue weighted by molar-refractivity contribution is -0.143. The molecule has 3 aromatic rings. The van der Waals surface area contributed by atoms with Gasteiger partial charge in [-0.15, -0.1) is 0 Å². The fourth-order valence-electron chi connectivity index (χ4n) is 4.42. The normalized spacial score (nSPS) is 16.9. The van der Waals surface area contributed by atoms with E-state index in [9.17, 15) is 9.90 Å². The highest BCUT2D eigenvalue weighted by Crippen LogP contribution is 2.36. The molecule has 0 amide bonds. The van der Waals surface area contributed by atoms with E-state index in [1.54, 1.807) is 0 Å². The Bertz CT molecular complexity index is 950. The van der Waals surface area contributed by atoms with Crippen molar-refractivity contribution < 1.29 is 9.90 Å². The molecule has 0 aliphatic carbocycles. The molecule has 1 heterocycles. The molecule has 1 aliphatic heterocycles. The van der Waals surface area contributed by atoms with Crippen LogP contribution in [0.3, 0.4) is 0 Å². The van der Waals surface area contributed by atoms with Gasteiger partial charge in [0.2, 0.25) is 0 Å². The van der Waals surface area contributed by atoms with Crippen LogP contribution in [0.15, 0.2) is 66.7 Å². The summed E-state index contributed by atoms with van der Waals surface area (Å²) in [6, 6.07) is 24.1. The highest BCUT2D eigenvalue weighted by Gasteiger charge is 2.30. The number of carboxylic acid groups (broad SMARTS) is 1. The summed E-state index contributed by atoms with van der Waals surface area (Å²) in [5.74, 6) is -0.874. The van der Waals surface area contributed by atoms with E-state index >= 15 is 0 Å². The molecule has 4 rings (SSSR count). The van der Waals surface area contributed by atoms with Gasteiger partial charge in [-0.05, 0) is 59.8 Å². The first-order valence-electron chi connectivity index (χ1n) is 10.2. The fourth-order valence-corrected chi connectivity index (χ4v) is 4.42. The van der Waals surface area contributed by atoms with E-state index in [0.717, 1.165) is 19.5 Å². The number of aryl methyl sites for hydroxylation is 1. The third-order valence-corrected chi connectivity index (χ3v) is 6.07. The van der Waals surface area contributed by atoms with Gasteiger partial charge in [0, 0.05) is 0 Å². The van der Waals surface area contributed by atoms with Gasteiger partial charge in [0.25, 0.3) is 0 Å². The lowest BCUT2D eigenvalue weighted by atomic mass is 9.89. The second-order valence-electron chi connectivity index (χ2n) is 7.71. The van der Waals surface area contributed by atoms with Gasteiger partial charge in [-0.25, -0.2) is 0 Å². The summed E-state index contributed by atoms with van der Waals surface area (Å²) in [7, 11) is 0. The average molecular weight is 373 g/mol. The van der Waals surface area contributed by atoms with Crippen LogP contribution in [0.1, 0.15) is 42.5 Å². The van der Waals surface area contributed by atoms with Crippen LogP contribution in [0.25, 0.3) is 10.8 Å². The van der Waals surface area contributed by atoms with Gasteiger partial charge in [-0.2, -0.15) is 0 Å². The predicted octanol–water partition coefficient (Wildman–Crippen LogP) is 5.29. The largest absolute Gasteiger partial charge is 0.481 e. The molecule has 0 radical (unpaired) electrons. The van der Waals surface area contributed by atoms with Crippen molar-refractivity contribution in [2.45, 2.75) is 32.2 Å². The van der Waals surface area contributed by atoms with Crippen molar-refractivity contribution >= 4 is 16.7 Å². The van der Waals surface area contributed by atoms with E-state index in [2.05, 4.69) is 78.6 Å². The van der Waals surface area contributed by atoms with E-state index in [0.29, 0.717) is 12.8 Å². The third-order valence-electron chi connectivity index (χ3n) is 6.07. The number of nitrogens with zero attached hydrogens (tertiary/aromatic N) is 1. The first-order chi connectivity index (χ1) is 13.7. The molecule has 0 saturated carbocycles. The number of benzene rings is 3. The monoisotopic (exact) mass is 373 g/mol. The minimum atomic E-state index is -0.659. The number of aliphatic carboxylic acids is 1. The Labute approximate surface area is 166 Å². The van der Waals surface area contributed by atoms with E-state index in [1.807, 2.05) is 0 Å². The van der Waals surface area contributed by atoms with Gasteiger partial charge >= 0.3 is 5.97 Å². The molecular weight excluding hydrogens is 346 g/mol. The van der Waals surface area contributed by atoms with Gasteiger partial charge in [0.1, 0.15) is 0 Å². The highest BCUT2D eigenvalue weighted by atomic mass is 16.4. The first kappa shape index (κ1) is 18.7. The second-order valence-corrected chi connectivity index (χ2v) is 7.71. The van der Waals surface area contributed by atoms with Gasteiger partial charge in [0.05, 0.1) is 12.0 Å². The molecule has 3 aromatic carbocycles. The summed E-state index contributed by atoms with van der Waals surface area (Å²) < 4.78 is 0. The summed E-state index contributed by atoms with van der Waals surface area (Å²) in [6.45, 7) is 3.79. The molecule has 1 N–H and O–H groups in total. The predicted molar refractivity (Wildman–Crippen MR) is 114 cm³/mol. The molecule has 1 unspecified atom stereocenters. The zero-order valence-electron chi connectivity index (χ0n) is 16.3. The number of likely N-dealkylation sites (tertiary alicyclic amines) is 1. The van der Waals surface area contributed by atoms with Crippen LogP contribution in [0, 0.1) is 5.92 Å². The van der Waals surface area contributed by atoms with Crippen molar-refractivity contribution in [2.75, 3.05) is 13.1 Å². The van der Waals surface area contributed by atoms with Crippen molar-refractivity contribution in [3.8, 4) is 0 Å². The number of carboxylic acids is 1. The van der Waals surface area contributed by atoms with Crippen molar-refractivity contribution in [1.82, 2.24) is 4.90 Å². The number of hydrogen-bond donors (Lipinski definition) is 1. The zero-order chi connectivity index (χ0) is 19.5. The summed E-state index contributed by atoms with van der Waals surface area (Å²) >= 11 is 0. The molecule has 0 aromatic heterocycles. The Morgan fingerprint density at radius 1 is 1.00 bits per heavy atom. The molecule has 0 bridgehead atoms. The fraction of sp³-hybridized carbons (Fsp3) is 0.320. The zero-order valence-corrected chi connectivity index (χ0v) is 16.3. The molecular formula is C25H27NO2. The second kappa shape index (κ2) is 8.15. The molecule has 144 valence electrons. The quantitative estimate of drug-likeness (QED) is 0.661. The van der Waals surface area contributed by atoms with E-state index in [-0.39, 0.29) is 12.0 Å². The van der Waals surface area contributed by atoms with Crippen molar-refractivity contribution in [1.29, 1.82) is 0 Å². The van der Waals surface area contributed by atoms with Crippen LogP contribution >= 0.6 is 0 Å². The summed E-state index contributed by atoms with van der Waals surface area (Å²) in [4.78, 5) is 13.9. The minimum Gasteiger partial charge on any atom is -0.481 e. The van der Waals surface area contributed by atoms with Gasteiger partial charge < -0.3 is 5.11 Å². The van der Waals surface area contributed by atoms with Gasteiger partial charge in [0.15, 0.2) is 0 Å². The van der Waals surface area contributed by atoms with Crippen LogP contribution < -0.4 is 0 Å². The molecule has 1 fully saturated rings. The van der Waals surface area contributed by atoms with E-state index in [4.69, 9.17) is 0 Å². The molecule has 1 saturated heterocycles. The van der Waals surface area contributed by atoms with Crippen molar-refractivity contribution in [3.05, 3.63) is 83.4 Å². The summed E-state index contributed by atoms with van der Waals surface area (Å²) in [5, 5.41) is 11.9. The molecule has 28 heavy (non-hydrogen) atoms. The molecule has 1 aliphatic rings. The SMILES string of the molecule is CCc1ccc(C(c2cccc3ccccc23)N2CCC(C(=O)O)CC2)cc1. The Morgan fingerprint density at radius 3 is 2.36 bits per heavy atom. The number of piperidine rings is 1. The lowest BCUT2D eigenvalue weighted by Crippen LogP contribution is -2.39. The van der Waals surface area contributed by atoms with Crippen LogP contribution in [0.4, 0.5) is 0 Å². The average Bonchev–Trinajstić information content (AvgIpc) is 2.75. The Balaban J connectivity index is 1.76. The number of rotatable bonds is 5. The van der Waals surface area contributed by atoms with Crippen LogP contribution in [-0.4, -0.2) is 29.1 Å².